The Kier molecular flexibility index (Phi) is 4.69. The first-order chi connectivity index (χ1) is 13.2. The minimum atomic E-state index is -0.0915. The van der Waals surface area contributed by atoms with Gasteiger partial charge in [0.2, 0.25) is 5.88 Å². The largest absolute Gasteiger partial charge is 0.487 e. The Bertz CT molecular complexity index is 942. The highest BCUT2D eigenvalue weighted by molar-refractivity contribution is 5.93. The molecule has 138 valence electrons. The van der Waals surface area contributed by atoms with Crippen molar-refractivity contribution in [2.24, 2.45) is 0 Å². The van der Waals surface area contributed by atoms with Crippen molar-refractivity contribution < 1.29 is 14.3 Å². The highest BCUT2D eigenvalue weighted by atomic mass is 16.5. The number of hydrogen-bond acceptors (Lipinski definition) is 6. The van der Waals surface area contributed by atoms with Crippen molar-refractivity contribution in [3.8, 4) is 11.6 Å². The molecule has 3 aromatic rings. The van der Waals surface area contributed by atoms with E-state index >= 15 is 0 Å². The van der Waals surface area contributed by atoms with Crippen LogP contribution in [0.2, 0.25) is 0 Å². The molecule has 2 aromatic heterocycles. The number of carbonyl (C=O) groups excluding carboxylic acids is 1. The lowest BCUT2D eigenvalue weighted by molar-refractivity contribution is 0.0678. The summed E-state index contributed by atoms with van der Waals surface area (Å²) in [5.74, 6) is 1.70. The third-order valence-electron chi connectivity index (χ3n) is 4.27. The standard InChI is InChI=1S/C19H19N5O3/c1-26-18-7-8-20-17(21-18)12-23-9-10-24-16(19(23)25)11-14(22-24)13-27-15-5-3-2-4-6-15/h2-8,11H,9-10,12-13H2,1H3. The lowest BCUT2D eigenvalue weighted by Gasteiger charge is -2.26. The maximum absolute atomic E-state index is 12.8. The monoisotopic (exact) mass is 365 g/mol. The van der Waals surface area contributed by atoms with Gasteiger partial charge >= 0.3 is 0 Å². The number of benzene rings is 1. The third kappa shape index (κ3) is 3.74. The number of methoxy groups -OCH3 is 1. The van der Waals surface area contributed by atoms with Gasteiger partial charge in [-0.3, -0.25) is 9.48 Å². The average molecular weight is 365 g/mol. The Morgan fingerprint density at radius 2 is 2.00 bits per heavy atom. The van der Waals surface area contributed by atoms with E-state index in [-0.39, 0.29) is 5.91 Å². The first kappa shape index (κ1) is 17.0. The molecule has 0 bridgehead atoms. The molecule has 0 radical (unpaired) electrons. The number of para-hydroxylation sites is 1. The Balaban J connectivity index is 1.45. The summed E-state index contributed by atoms with van der Waals surface area (Å²) in [6.45, 7) is 1.82. The van der Waals surface area contributed by atoms with E-state index in [0.29, 0.717) is 43.6 Å². The molecule has 1 aliphatic rings. The summed E-state index contributed by atoms with van der Waals surface area (Å²) in [4.78, 5) is 23.0. The van der Waals surface area contributed by atoms with E-state index in [9.17, 15) is 4.79 Å². The van der Waals surface area contributed by atoms with Crippen LogP contribution in [0.1, 0.15) is 22.0 Å². The van der Waals surface area contributed by atoms with Crippen LogP contribution in [-0.4, -0.2) is 44.2 Å². The number of fused-ring (bicyclic) bond motifs is 1. The zero-order chi connectivity index (χ0) is 18.6. The summed E-state index contributed by atoms with van der Waals surface area (Å²) in [7, 11) is 1.55. The SMILES string of the molecule is COc1ccnc(CN2CCn3nc(COc4ccccc4)cc3C2=O)n1. The van der Waals surface area contributed by atoms with Crippen molar-refractivity contribution >= 4 is 5.91 Å². The number of carbonyl (C=O) groups is 1. The van der Waals surface area contributed by atoms with Crippen LogP contribution in [-0.2, 0) is 19.7 Å². The van der Waals surface area contributed by atoms with Gasteiger partial charge in [0, 0.05) is 18.8 Å². The van der Waals surface area contributed by atoms with Gasteiger partial charge in [-0.1, -0.05) is 18.2 Å². The van der Waals surface area contributed by atoms with Crippen LogP contribution < -0.4 is 9.47 Å². The van der Waals surface area contributed by atoms with Gasteiger partial charge in [-0.15, -0.1) is 0 Å². The second-order valence-electron chi connectivity index (χ2n) is 6.09. The summed E-state index contributed by atoms with van der Waals surface area (Å²) in [6, 6.07) is 13.0. The van der Waals surface area contributed by atoms with E-state index in [1.807, 2.05) is 30.3 Å². The molecule has 0 spiro atoms. The second kappa shape index (κ2) is 7.45. The van der Waals surface area contributed by atoms with E-state index in [1.54, 1.807) is 35.0 Å². The number of aromatic nitrogens is 4. The topological polar surface area (TPSA) is 82.4 Å². The number of hydrogen-bond donors (Lipinski definition) is 0. The molecule has 0 N–H and O–H groups in total. The van der Waals surface area contributed by atoms with Crippen LogP contribution in [0.15, 0.2) is 48.7 Å². The smallest absolute Gasteiger partial charge is 0.272 e. The number of nitrogens with zero attached hydrogens (tertiary/aromatic N) is 5. The van der Waals surface area contributed by atoms with Crippen LogP contribution in [0.3, 0.4) is 0 Å². The van der Waals surface area contributed by atoms with Crippen LogP contribution >= 0.6 is 0 Å². The molecule has 0 saturated carbocycles. The lowest BCUT2D eigenvalue weighted by Crippen LogP contribution is -2.40. The molecule has 1 amide bonds. The fourth-order valence-corrected chi connectivity index (χ4v) is 2.93. The summed E-state index contributed by atoms with van der Waals surface area (Å²) in [5, 5.41) is 4.48. The highest BCUT2D eigenvalue weighted by Gasteiger charge is 2.27. The highest BCUT2D eigenvalue weighted by Crippen LogP contribution is 2.18. The minimum absolute atomic E-state index is 0.0915. The summed E-state index contributed by atoms with van der Waals surface area (Å²) in [6.07, 6.45) is 1.62. The van der Waals surface area contributed by atoms with Crippen molar-refractivity contribution in [1.29, 1.82) is 0 Å². The van der Waals surface area contributed by atoms with Crippen molar-refractivity contribution in [1.82, 2.24) is 24.6 Å². The van der Waals surface area contributed by atoms with Crippen LogP contribution in [0.5, 0.6) is 11.6 Å². The molecule has 4 rings (SSSR count). The van der Waals surface area contributed by atoms with Gasteiger partial charge in [-0.25, -0.2) is 4.98 Å². The third-order valence-corrected chi connectivity index (χ3v) is 4.27. The molecule has 27 heavy (non-hydrogen) atoms. The maximum Gasteiger partial charge on any atom is 0.272 e. The summed E-state index contributed by atoms with van der Waals surface area (Å²) in [5.41, 5.74) is 1.28. The summed E-state index contributed by atoms with van der Waals surface area (Å²) >= 11 is 0. The van der Waals surface area contributed by atoms with Gasteiger partial charge in [0.25, 0.3) is 5.91 Å². The molecule has 1 aromatic carbocycles. The van der Waals surface area contributed by atoms with Crippen molar-refractivity contribution in [2.75, 3.05) is 13.7 Å². The molecular weight excluding hydrogens is 346 g/mol. The Morgan fingerprint density at radius 1 is 1.15 bits per heavy atom. The summed E-state index contributed by atoms with van der Waals surface area (Å²) < 4.78 is 12.6. The van der Waals surface area contributed by atoms with E-state index in [2.05, 4.69) is 15.1 Å². The minimum Gasteiger partial charge on any atom is -0.487 e. The van der Waals surface area contributed by atoms with Gasteiger partial charge in [-0.2, -0.15) is 10.1 Å². The van der Waals surface area contributed by atoms with Crippen LogP contribution in [0, 0.1) is 0 Å². The zero-order valence-electron chi connectivity index (χ0n) is 14.9. The predicted octanol–water partition coefficient (Wildman–Crippen LogP) is 1.92. The number of amides is 1. The molecule has 0 atom stereocenters. The fraction of sp³-hybridized carbons (Fsp3) is 0.263. The first-order valence-electron chi connectivity index (χ1n) is 8.62. The molecular formula is C19H19N5O3. The predicted molar refractivity (Wildman–Crippen MR) is 96.3 cm³/mol. The molecule has 0 saturated heterocycles. The van der Waals surface area contributed by atoms with E-state index in [4.69, 9.17) is 9.47 Å². The molecule has 8 nitrogen and oxygen atoms in total. The molecule has 8 heteroatoms. The Morgan fingerprint density at radius 3 is 2.81 bits per heavy atom. The van der Waals surface area contributed by atoms with Crippen LogP contribution in [0.25, 0.3) is 0 Å². The van der Waals surface area contributed by atoms with E-state index < -0.39 is 0 Å². The van der Waals surface area contributed by atoms with E-state index in [0.717, 1.165) is 11.4 Å². The van der Waals surface area contributed by atoms with Crippen LogP contribution in [0.4, 0.5) is 0 Å². The normalized spacial score (nSPS) is 13.4. The molecule has 0 fully saturated rings. The first-order valence-corrected chi connectivity index (χ1v) is 8.62. The van der Waals surface area contributed by atoms with Gasteiger partial charge < -0.3 is 14.4 Å². The van der Waals surface area contributed by atoms with Gasteiger partial charge in [-0.05, 0) is 18.2 Å². The van der Waals surface area contributed by atoms with Gasteiger partial charge in [0.05, 0.1) is 20.2 Å². The molecule has 0 unspecified atom stereocenters. The zero-order valence-corrected chi connectivity index (χ0v) is 14.9. The maximum atomic E-state index is 12.8. The second-order valence-corrected chi connectivity index (χ2v) is 6.09. The average Bonchev–Trinajstić information content (AvgIpc) is 3.14. The molecule has 1 aliphatic heterocycles. The van der Waals surface area contributed by atoms with E-state index in [1.165, 1.54) is 0 Å². The molecule has 3 heterocycles. The Hall–Kier alpha value is -3.42. The van der Waals surface area contributed by atoms with Crippen molar-refractivity contribution in [3.63, 3.8) is 0 Å². The Labute approximate surface area is 156 Å². The number of rotatable bonds is 6. The van der Waals surface area contributed by atoms with Gasteiger partial charge in [0.1, 0.15) is 23.7 Å². The van der Waals surface area contributed by atoms with Crippen molar-refractivity contribution in [3.05, 3.63) is 65.9 Å². The van der Waals surface area contributed by atoms with Gasteiger partial charge in [0.15, 0.2) is 5.82 Å². The lowest BCUT2D eigenvalue weighted by atomic mass is 10.2. The molecule has 0 aliphatic carbocycles. The number of ether oxygens (including phenoxy) is 2. The fourth-order valence-electron chi connectivity index (χ4n) is 2.93. The quantitative estimate of drug-likeness (QED) is 0.664. The van der Waals surface area contributed by atoms with Crippen molar-refractivity contribution in [2.45, 2.75) is 19.7 Å².